The number of aliphatic imine (C=N–C) groups is 1. The van der Waals surface area contributed by atoms with Gasteiger partial charge in [0.25, 0.3) is 0 Å². The van der Waals surface area contributed by atoms with Crippen LogP contribution >= 0.6 is 11.8 Å². The Balaban J connectivity index is 2.89. The van der Waals surface area contributed by atoms with Gasteiger partial charge in [-0.1, -0.05) is 20.3 Å². The zero-order valence-electron chi connectivity index (χ0n) is 21.5. The van der Waals surface area contributed by atoms with Crippen LogP contribution in [-0.2, 0) is 24.0 Å². The van der Waals surface area contributed by atoms with Crippen molar-refractivity contribution in [1.82, 2.24) is 20.9 Å². The summed E-state index contributed by atoms with van der Waals surface area (Å²) in [4.78, 5) is 67.6. The van der Waals surface area contributed by atoms with Gasteiger partial charge in [0.1, 0.15) is 6.29 Å². The second-order valence-corrected chi connectivity index (χ2v) is 10.0. The van der Waals surface area contributed by atoms with E-state index in [2.05, 4.69) is 20.9 Å². The van der Waals surface area contributed by atoms with Crippen molar-refractivity contribution in [2.75, 3.05) is 44.7 Å². The number of ketones is 2. The molecule has 0 spiro atoms. The summed E-state index contributed by atoms with van der Waals surface area (Å²) in [7, 11) is 1.68. The number of nitrogens with one attached hydrogen (secondary N) is 3. The number of carbonyl (C=O) groups excluding carboxylic acids is 5. The number of hydrogen-bond donors (Lipinski definition) is 5. The Hall–Kier alpha value is -2.51. The average Bonchev–Trinajstić information content (AvgIpc) is 2.83. The normalized spacial score (nSPS) is 22.1. The van der Waals surface area contributed by atoms with Crippen LogP contribution in [0.25, 0.3) is 0 Å². The van der Waals surface area contributed by atoms with Gasteiger partial charge in [0.2, 0.25) is 11.8 Å². The van der Waals surface area contributed by atoms with Crippen LogP contribution in [0.1, 0.15) is 39.5 Å². The second-order valence-electron chi connectivity index (χ2n) is 8.98. The first-order valence-electron chi connectivity index (χ1n) is 12.2. The number of amides is 2. The molecule has 0 aliphatic carbocycles. The molecule has 4 atom stereocenters. The number of Topliss-reactive ketones (excluding diaryl/α,β-unsaturated/α-hetero) is 2. The Morgan fingerprint density at radius 1 is 1.28 bits per heavy atom. The lowest BCUT2D eigenvalue weighted by molar-refractivity contribution is -0.129. The molecule has 36 heavy (non-hydrogen) atoms. The number of rotatable bonds is 11. The van der Waals surface area contributed by atoms with Crippen molar-refractivity contribution in [2.24, 2.45) is 22.4 Å². The van der Waals surface area contributed by atoms with Crippen molar-refractivity contribution in [1.29, 1.82) is 0 Å². The van der Waals surface area contributed by atoms with Gasteiger partial charge in [-0.15, -0.1) is 11.8 Å². The molecule has 0 unspecified atom stereocenters. The van der Waals surface area contributed by atoms with Gasteiger partial charge in [0.15, 0.2) is 17.5 Å². The quantitative estimate of drug-likeness (QED) is 0.0907. The summed E-state index contributed by atoms with van der Waals surface area (Å²) in [6.45, 7) is 4.26. The zero-order valence-corrected chi connectivity index (χ0v) is 22.3. The topological polar surface area (TPSA) is 189 Å². The van der Waals surface area contributed by atoms with Gasteiger partial charge in [-0.3, -0.25) is 34.4 Å². The molecule has 0 saturated carbocycles. The number of nitrogens with two attached hydrogens (primary N) is 2. The maximum atomic E-state index is 13.1. The van der Waals surface area contributed by atoms with Crippen molar-refractivity contribution in [3.63, 3.8) is 0 Å². The van der Waals surface area contributed by atoms with Gasteiger partial charge in [-0.2, -0.15) is 0 Å². The van der Waals surface area contributed by atoms with Gasteiger partial charge < -0.3 is 26.9 Å². The largest absolute Gasteiger partial charge is 0.370 e. The molecule has 0 aromatic carbocycles. The molecule has 2 amide bonds. The summed E-state index contributed by atoms with van der Waals surface area (Å²) in [6, 6.07) is -1.89. The van der Waals surface area contributed by atoms with E-state index in [0.717, 1.165) is 6.29 Å². The minimum Gasteiger partial charge on any atom is -0.370 e. The summed E-state index contributed by atoms with van der Waals surface area (Å²) in [5.41, 5.74) is 10.6. The zero-order chi connectivity index (χ0) is 27.1. The minimum absolute atomic E-state index is 0.0167. The number of likely N-dealkylation sites (N-methyl/N-ethyl adjacent to an activating group) is 1. The van der Waals surface area contributed by atoms with E-state index >= 15 is 0 Å². The molecule has 0 radical (unpaired) electrons. The molecule has 7 N–H and O–H groups in total. The number of hydrogen-bond acceptors (Lipinski definition) is 9. The highest BCUT2D eigenvalue weighted by molar-refractivity contribution is 8.00. The van der Waals surface area contributed by atoms with Gasteiger partial charge >= 0.3 is 0 Å². The fourth-order valence-electron chi connectivity index (χ4n) is 3.63. The molecule has 1 aliphatic rings. The predicted molar refractivity (Wildman–Crippen MR) is 141 cm³/mol. The fourth-order valence-corrected chi connectivity index (χ4v) is 4.58. The van der Waals surface area contributed by atoms with E-state index in [-0.39, 0.29) is 72.8 Å². The fraction of sp³-hybridized carbons (Fsp3) is 0.739. The van der Waals surface area contributed by atoms with E-state index in [1.807, 2.05) is 13.8 Å². The van der Waals surface area contributed by atoms with Crippen molar-refractivity contribution < 1.29 is 24.0 Å². The van der Waals surface area contributed by atoms with Crippen LogP contribution in [-0.4, -0.2) is 103 Å². The maximum Gasteiger partial charge on any atom is 0.230 e. The minimum atomic E-state index is -0.709. The van der Waals surface area contributed by atoms with Crippen LogP contribution in [0.4, 0.5) is 0 Å². The third kappa shape index (κ3) is 12.0. The molecule has 1 aliphatic heterocycles. The highest BCUT2D eigenvalue weighted by Gasteiger charge is 2.28. The molecule has 1 saturated heterocycles. The smallest absolute Gasteiger partial charge is 0.230 e. The Labute approximate surface area is 217 Å². The first-order chi connectivity index (χ1) is 17.1. The lowest BCUT2D eigenvalue weighted by Gasteiger charge is -2.27. The average molecular weight is 528 g/mol. The molecular weight excluding hydrogens is 486 g/mol. The third-order valence-corrected chi connectivity index (χ3v) is 7.10. The molecule has 0 aromatic heterocycles. The molecule has 204 valence electrons. The monoisotopic (exact) mass is 527 g/mol. The van der Waals surface area contributed by atoms with Crippen molar-refractivity contribution in [3.8, 4) is 0 Å². The van der Waals surface area contributed by atoms with Crippen LogP contribution < -0.4 is 27.4 Å². The number of guanidine groups is 1. The van der Waals surface area contributed by atoms with Gasteiger partial charge in [0, 0.05) is 25.3 Å². The maximum absolute atomic E-state index is 13.1. The summed E-state index contributed by atoms with van der Waals surface area (Å²) in [6.07, 6.45) is 2.61. The summed E-state index contributed by atoms with van der Waals surface area (Å²) in [5, 5.41) is 8.48. The van der Waals surface area contributed by atoms with E-state index in [1.165, 1.54) is 11.8 Å². The van der Waals surface area contributed by atoms with E-state index in [4.69, 9.17) is 11.5 Å². The number of nitrogens with zero attached hydrogens (tertiary/aromatic N) is 2. The molecule has 1 fully saturated rings. The highest BCUT2D eigenvalue weighted by Crippen LogP contribution is 2.11. The lowest BCUT2D eigenvalue weighted by Crippen LogP contribution is -2.52. The number of thioether (sulfide) groups is 1. The summed E-state index contributed by atoms with van der Waals surface area (Å²) in [5.74, 6) is -0.661. The SMILES string of the molecule is CC[C@H](C)[C@@H]1NC(=O)CCNC(=O)CSC[C@@H](C(=O)CN(C)[C@H](C=O)CCCN=C(N)N)NCC1=O. The van der Waals surface area contributed by atoms with Crippen molar-refractivity contribution in [2.45, 2.75) is 57.7 Å². The molecule has 0 aromatic rings. The van der Waals surface area contributed by atoms with Crippen molar-refractivity contribution in [3.05, 3.63) is 0 Å². The highest BCUT2D eigenvalue weighted by atomic mass is 32.2. The predicted octanol–water partition coefficient (Wildman–Crippen LogP) is -1.58. The van der Waals surface area contributed by atoms with E-state index < -0.39 is 18.1 Å². The van der Waals surface area contributed by atoms with E-state index in [9.17, 15) is 24.0 Å². The van der Waals surface area contributed by atoms with Crippen LogP contribution in [0, 0.1) is 5.92 Å². The second kappa shape index (κ2) is 17.0. The first-order valence-corrected chi connectivity index (χ1v) is 13.4. The van der Waals surface area contributed by atoms with E-state index in [0.29, 0.717) is 25.8 Å². The standard InChI is InChI=1S/C23H41N7O5S/c1-4-15(2)22-18(32)10-28-17(13-36-14-21(35)26-9-7-20(34)29-22)19(33)11-30(3)16(12-31)6-5-8-27-23(24)25/h12,15-17,22,28H,4-11,13-14H2,1-3H3,(H,26,35)(H,29,34)(H4,24,25,27)/t15-,16-,17-,22-/m0/s1. The molecular formula is C23H41N7O5S. The van der Waals surface area contributed by atoms with Crippen LogP contribution in [0.3, 0.4) is 0 Å². The number of aldehydes is 1. The van der Waals surface area contributed by atoms with Gasteiger partial charge in [-0.05, 0) is 25.8 Å². The van der Waals surface area contributed by atoms with E-state index in [1.54, 1.807) is 11.9 Å². The first kappa shape index (κ1) is 31.5. The summed E-state index contributed by atoms with van der Waals surface area (Å²) >= 11 is 1.26. The molecule has 1 rings (SSSR count). The van der Waals surface area contributed by atoms with Crippen molar-refractivity contribution >= 4 is 47.4 Å². The molecule has 1 heterocycles. The summed E-state index contributed by atoms with van der Waals surface area (Å²) < 4.78 is 0. The Bertz CT molecular complexity index is 791. The number of carbonyl (C=O) groups is 5. The lowest BCUT2D eigenvalue weighted by atomic mass is 9.95. The Morgan fingerprint density at radius 3 is 2.64 bits per heavy atom. The van der Waals surface area contributed by atoms with Crippen LogP contribution in [0.15, 0.2) is 4.99 Å². The van der Waals surface area contributed by atoms with Crippen LogP contribution in [0.2, 0.25) is 0 Å². The third-order valence-electron chi connectivity index (χ3n) is 6.06. The Morgan fingerprint density at radius 2 is 2.00 bits per heavy atom. The van der Waals surface area contributed by atoms with Gasteiger partial charge in [0.05, 0.1) is 37.0 Å². The van der Waals surface area contributed by atoms with Crippen LogP contribution in [0.5, 0.6) is 0 Å². The molecule has 12 nitrogen and oxygen atoms in total. The molecule has 13 heteroatoms. The molecule has 0 bridgehead atoms. The Kier molecular flexibility index (Phi) is 14.9. The van der Waals surface area contributed by atoms with Gasteiger partial charge in [-0.25, -0.2) is 0 Å².